The first-order valence-electron chi connectivity index (χ1n) is 19.8. The van der Waals surface area contributed by atoms with Gasteiger partial charge < -0.3 is 8.98 Å². The number of pyridine rings is 1. The summed E-state index contributed by atoms with van der Waals surface area (Å²) in [6.45, 7) is 0. The summed E-state index contributed by atoms with van der Waals surface area (Å²) in [5.74, 6) is 0. The van der Waals surface area contributed by atoms with Crippen LogP contribution >= 0.6 is 0 Å². The van der Waals surface area contributed by atoms with Crippen molar-refractivity contribution in [3.8, 4) is 50.3 Å². The molecule has 0 fully saturated rings. The topological polar surface area (TPSA) is 31.0 Å². The molecule has 0 radical (unpaired) electrons. The van der Waals surface area contributed by atoms with Crippen molar-refractivity contribution in [3.05, 3.63) is 206 Å². The molecule has 58 heavy (non-hydrogen) atoms. The number of para-hydroxylation sites is 4. The number of hydrogen-bond acceptors (Lipinski definition) is 2. The Kier molecular flexibility index (Phi) is 7.23. The predicted octanol–water partition coefficient (Wildman–Crippen LogP) is 15.1. The van der Waals surface area contributed by atoms with Gasteiger partial charge >= 0.3 is 0 Å². The van der Waals surface area contributed by atoms with Crippen LogP contribution in [0.25, 0.3) is 116 Å². The van der Waals surface area contributed by atoms with Gasteiger partial charge in [0.1, 0.15) is 11.2 Å². The van der Waals surface area contributed by atoms with Crippen molar-refractivity contribution in [1.29, 1.82) is 0 Å². The van der Waals surface area contributed by atoms with E-state index in [2.05, 4.69) is 205 Å². The SMILES string of the molecule is c1ccc(-c2c3c(cc4c(-c5ccc(-c6ccc(-c7cccc8c7c7ccccc7n8-c7ccccc7)cc6)cc5)nc5ccccc5c24)oc2ccccc23)cc1. The fraction of sp³-hybridized carbons (Fsp3) is 0. The van der Waals surface area contributed by atoms with Gasteiger partial charge in [-0.3, -0.25) is 0 Å². The lowest BCUT2D eigenvalue weighted by molar-refractivity contribution is 0.669. The lowest BCUT2D eigenvalue weighted by Gasteiger charge is -2.16. The van der Waals surface area contributed by atoms with Crippen molar-refractivity contribution in [2.45, 2.75) is 0 Å². The van der Waals surface area contributed by atoms with E-state index in [9.17, 15) is 0 Å². The van der Waals surface area contributed by atoms with Crippen molar-refractivity contribution in [3.63, 3.8) is 0 Å². The first-order valence-corrected chi connectivity index (χ1v) is 19.8. The Morgan fingerprint density at radius 1 is 0.362 bits per heavy atom. The number of aromatic nitrogens is 2. The molecule has 270 valence electrons. The van der Waals surface area contributed by atoms with Crippen LogP contribution in [0.3, 0.4) is 0 Å². The van der Waals surface area contributed by atoms with Gasteiger partial charge in [0.15, 0.2) is 0 Å². The molecule has 0 amide bonds. The summed E-state index contributed by atoms with van der Waals surface area (Å²) in [6, 6.07) is 73.7. The lowest BCUT2D eigenvalue weighted by Crippen LogP contribution is -1.93. The minimum absolute atomic E-state index is 0.864. The molecule has 0 saturated heterocycles. The first-order chi connectivity index (χ1) is 28.8. The molecule has 0 N–H and O–H groups in total. The third-order valence-electron chi connectivity index (χ3n) is 11.8. The first kappa shape index (κ1) is 32.5. The van der Waals surface area contributed by atoms with Crippen LogP contribution in [0.4, 0.5) is 0 Å². The zero-order valence-electron chi connectivity index (χ0n) is 31.4. The number of nitrogens with zero attached hydrogens (tertiary/aromatic N) is 2. The molecule has 0 saturated carbocycles. The van der Waals surface area contributed by atoms with E-state index in [1.54, 1.807) is 0 Å². The monoisotopic (exact) mass is 738 g/mol. The number of fused-ring (bicyclic) bond motifs is 9. The van der Waals surface area contributed by atoms with Crippen LogP contribution in [0.2, 0.25) is 0 Å². The van der Waals surface area contributed by atoms with Gasteiger partial charge in [0.25, 0.3) is 0 Å². The minimum Gasteiger partial charge on any atom is -0.456 e. The molecule has 0 atom stereocenters. The summed E-state index contributed by atoms with van der Waals surface area (Å²) in [5, 5.41) is 8.16. The van der Waals surface area contributed by atoms with Crippen molar-refractivity contribution < 1.29 is 4.42 Å². The Balaban J connectivity index is 0.980. The second-order valence-corrected chi connectivity index (χ2v) is 15.0. The average Bonchev–Trinajstić information content (AvgIpc) is 3.84. The maximum atomic E-state index is 6.58. The fourth-order valence-corrected chi connectivity index (χ4v) is 9.21. The Hall–Kier alpha value is -7.75. The molecule has 0 spiro atoms. The van der Waals surface area contributed by atoms with Gasteiger partial charge in [0, 0.05) is 54.5 Å². The Morgan fingerprint density at radius 2 is 0.966 bits per heavy atom. The average molecular weight is 739 g/mol. The molecule has 3 aromatic heterocycles. The molecule has 0 aliphatic carbocycles. The van der Waals surface area contributed by atoms with Gasteiger partial charge in [-0.25, -0.2) is 4.98 Å². The standard InChI is InChI=1S/C55H34N2O/c1-3-14-38(15-4-1)51-53-42-18-7-10-22-46(42)56-55(45(53)34-50-54(51)44-20-9-12-25-49(44)58-50)39-32-28-36(29-33-39)35-26-30-37(31-27-35)41-21-13-24-48-52(41)43-19-8-11-23-47(43)57(48)40-16-5-2-6-17-40/h1-34H. The van der Waals surface area contributed by atoms with E-state index < -0.39 is 0 Å². The van der Waals surface area contributed by atoms with Crippen molar-refractivity contribution in [1.82, 2.24) is 9.55 Å². The van der Waals surface area contributed by atoms with Crippen molar-refractivity contribution in [2.24, 2.45) is 0 Å². The summed E-state index contributed by atoms with van der Waals surface area (Å²) < 4.78 is 8.96. The Labute approximate surface area is 334 Å². The maximum absolute atomic E-state index is 6.58. The van der Waals surface area contributed by atoms with E-state index >= 15 is 0 Å². The third-order valence-corrected chi connectivity index (χ3v) is 11.8. The van der Waals surface area contributed by atoms with Crippen LogP contribution in [0.1, 0.15) is 0 Å². The van der Waals surface area contributed by atoms with Crippen LogP contribution in [0.15, 0.2) is 211 Å². The van der Waals surface area contributed by atoms with E-state index in [0.29, 0.717) is 0 Å². The molecule has 3 heteroatoms. The third kappa shape index (κ3) is 4.97. The van der Waals surface area contributed by atoms with E-state index in [0.717, 1.165) is 66.3 Å². The highest BCUT2D eigenvalue weighted by atomic mass is 16.3. The van der Waals surface area contributed by atoms with Crippen LogP contribution in [-0.2, 0) is 0 Å². The van der Waals surface area contributed by atoms with Gasteiger partial charge in [-0.2, -0.15) is 0 Å². The number of benzene rings is 9. The second-order valence-electron chi connectivity index (χ2n) is 15.0. The quantitative estimate of drug-likeness (QED) is 0.165. The molecule has 9 aromatic carbocycles. The zero-order valence-corrected chi connectivity index (χ0v) is 31.4. The second kappa shape index (κ2) is 12.9. The summed E-state index contributed by atoms with van der Waals surface area (Å²) in [7, 11) is 0. The van der Waals surface area contributed by atoms with E-state index in [-0.39, 0.29) is 0 Å². The normalized spacial score (nSPS) is 11.8. The predicted molar refractivity (Wildman–Crippen MR) is 243 cm³/mol. The molecule has 0 bridgehead atoms. The minimum atomic E-state index is 0.864. The van der Waals surface area contributed by atoms with Crippen LogP contribution in [0.5, 0.6) is 0 Å². The van der Waals surface area contributed by atoms with Crippen LogP contribution in [0, 0.1) is 0 Å². The number of furan rings is 1. The smallest absolute Gasteiger partial charge is 0.136 e. The molecule has 0 aliphatic rings. The van der Waals surface area contributed by atoms with Gasteiger partial charge in [-0.05, 0) is 70.3 Å². The fourth-order valence-electron chi connectivity index (χ4n) is 9.21. The largest absolute Gasteiger partial charge is 0.456 e. The molecule has 0 unspecified atom stereocenters. The van der Waals surface area contributed by atoms with Gasteiger partial charge in [0.05, 0.1) is 22.2 Å². The molecule has 3 heterocycles. The number of rotatable bonds is 5. The molecule has 0 aliphatic heterocycles. The van der Waals surface area contributed by atoms with E-state index in [1.165, 1.54) is 49.4 Å². The molecular formula is C55H34N2O. The van der Waals surface area contributed by atoms with Crippen molar-refractivity contribution >= 4 is 65.4 Å². The van der Waals surface area contributed by atoms with Gasteiger partial charge in [0.2, 0.25) is 0 Å². The van der Waals surface area contributed by atoms with Crippen LogP contribution < -0.4 is 0 Å². The van der Waals surface area contributed by atoms with Gasteiger partial charge in [-0.1, -0.05) is 164 Å². The molecule has 3 nitrogen and oxygen atoms in total. The molecule has 12 aromatic rings. The van der Waals surface area contributed by atoms with Crippen molar-refractivity contribution in [2.75, 3.05) is 0 Å². The summed E-state index contributed by atoms with van der Waals surface area (Å²) in [5.41, 5.74) is 15.4. The summed E-state index contributed by atoms with van der Waals surface area (Å²) in [4.78, 5) is 5.34. The Bertz CT molecular complexity index is 3520. The van der Waals surface area contributed by atoms with E-state index in [1.807, 2.05) is 6.07 Å². The zero-order chi connectivity index (χ0) is 38.2. The highest BCUT2D eigenvalue weighted by Crippen LogP contribution is 2.46. The lowest BCUT2D eigenvalue weighted by atomic mass is 9.89. The number of hydrogen-bond donors (Lipinski definition) is 0. The summed E-state index contributed by atoms with van der Waals surface area (Å²) >= 11 is 0. The molecular weight excluding hydrogens is 705 g/mol. The Morgan fingerprint density at radius 3 is 1.74 bits per heavy atom. The highest BCUT2D eigenvalue weighted by molar-refractivity contribution is 6.27. The van der Waals surface area contributed by atoms with Gasteiger partial charge in [-0.15, -0.1) is 0 Å². The van der Waals surface area contributed by atoms with E-state index in [4.69, 9.17) is 9.40 Å². The highest BCUT2D eigenvalue weighted by Gasteiger charge is 2.22. The molecule has 12 rings (SSSR count). The maximum Gasteiger partial charge on any atom is 0.136 e. The summed E-state index contributed by atoms with van der Waals surface area (Å²) in [6.07, 6.45) is 0. The van der Waals surface area contributed by atoms with Crippen LogP contribution in [-0.4, -0.2) is 9.55 Å².